The lowest BCUT2D eigenvalue weighted by atomic mass is 10.3. The smallest absolute Gasteiger partial charge is 0.138 e. The summed E-state index contributed by atoms with van der Waals surface area (Å²) in [7, 11) is 1.86. The Balaban J connectivity index is 2.03. The molecule has 0 saturated heterocycles. The number of halogens is 2. The van der Waals surface area contributed by atoms with Crippen LogP contribution < -0.4 is 10.1 Å². The van der Waals surface area contributed by atoms with Crippen LogP contribution in [0.25, 0.3) is 0 Å². The van der Waals surface area contributed by atoms with Gasteiger partial charge in [0, 0.05) is 6.54 Å². The fourth-order valence-electron chi connectivity index (χ4n) is 1.63. The van der Waals surface area contributed by atoms with Crippen LogP contribution in [-0.2, 0) is 13.2 Å². The summed E-state index contributed by atoms with van der Waals surface area (Å²) in [4.78, 5) is 4.42. The molecule has 1 N–H and O–H groups in total. The molecule has 1 aromatic carbocycles. The number of aromatic nitrogens is 1. The van der Waals surface area contributed by atoms with E-state index >= 15 is 0 Å². The molecule has 0 atom stereocenters. The lowest BCUT2D eigenvalue weighted by Gasteiger charge is -2.08. The number of nitrogens with zero attached hydrogens (tertiary/aromatic N) is 1. The standard InChI is InChI=1S/C14H14ClFN2O/c1-17-8-11-3-2-4-12(18-11)9-19-14-6-5-10(16)7-13(14)15/h2-7,17H,8-9H2,1H3. The normalized spacial score (nSPS) is 10.5. The molecular formula is C14H14ClFN2O. The van der Waals surface area contributed by atoms with Crippen LogP contribution in [0.3, 0.4) is 0 Å². The van der Waals surface area contributed by atoms with Gasteiger partial charge in [0.25, 0.3) is 0 Å². The van der Waals surface area contributed by atoms with Crippen LogP contribution in [-0.4, -0.2) is 12.0 Å². The van der Waals surface area contributed by atoms with E-state index in [0.717, 1.165) is 11.4 Å². The van der Waals surface area contributed by atoms with Crippen molar-refractivity contribution in [2.75, 3.05) is 7.05 Å². The molecule has 0 radical (unpaired) electrons. The lowest BCUT2D eigenvalue weighted by molar-refractivity contribution is 0.300. The molecule has 2 rings (SSSR count). The van der Waals surface area contributed by atoms with E-state index in [1.807, 2.05) is 25.2 Å². The van der Waals surface area contributed by atoms with Crippen LogP contribution in [0.5, 0.6) is 5.75 Å². The second-order valence-electron chi connectivity index (χ2n) is 4.01. The van der Waals surface area contributed by atoms with Crippen LogP contribution in [0.4, 0.5) is 4.39 Å². The van der Waals surface area contributed by atoms with Gasteiger partial charge in [-0.15, -0.1) is 0 Å². The number of rotatable bonds is 5. The molecule has 0 bridgehead atoms. The van der Waals surface area contributed by atoms with Crippen LogP contribution in [0.1, 0.15) is 11.4 Å². The molecule has 2 aromatic rings. The van der Waals surface area contributed by atoms with E-state index in [4.69, 9.17) is 16.3 Å². The minimum absolute atomic E-state index is 0.256. The van der Waals surface area contributed by atoms with E-state index in [0.29, 0.717) is 18.9 Å². The minimum atomic E-state index is -0.383. The highest BCUT2D eigenvalue weighted by Crippen LogP contribution is 2.25. The Kier molecular flexibility index (Phi) is 4.71. The maximum atomic E-state index is 12.9. The first-order chi connectivity index (χ1) is 9.19. The molecule has 0 fully saturated rings. The fraction of sp³-hybridized carbons (Fsp3) is 0.214. The number of ether oxygens (including phenoxy) is 1. The van der Waals surface area contributed by atoms with E-state index in [1.165, 1.54) is 18.2 Å². The molecular weight excluding hydrogens is 267 g/mol. The molecule has 5 heteroatoms. The van der Waals surface area contributed by atoms with E-state index in [-0.39, 0.29) is 10.8 Å². The van der Waals surface area contributed by atoms with Gasteiger partial charge in [-0.3, -0.25) is 4.98 Å². The number of pyridine rings is 1. The van der Waals surface area contributed by atoms with E-state index in [9.17, 15) is 4.39 Å². The van der Waals surface area contributed by atoms with Gasteiger partial charge in [0.1, 0.15) is 18.2 Å². The number of benzene rings is 1. The first-order valence-corrected chi connectivity index (χ1v) is 6.24. The Bertz CT molecular complexity index is 563. The Hall–Kier alpha value is -1.65. The highest BCUT2D eigenvalue weighted by atomic mass is 35.5. The average Bonchev–Trinajstić information content (AvgIpc) is 2.38. The second-order valence-corrected chi connectivity index (χ2v) is 4.42. The molecule has 0 aliphatic rings. The molecule has 1 heterocycles. The van der Waals surface area contributed by atoms with Crippen molar-refractivity contribution < 1.29 is 9.13 Å². The van der Waals surface area contributed by atoms with Crippen LogP contribution in [0, 0.1) is 5.82 Å². The summed E-state index contributed by atoms with van der Waals surface area (Å²) in [6.45, 7) is 0.994. The molecule has 19 heavy (non-hydrogen) atoms. The third-order valence-electron chi connectivity index (χ3n) is 2.49. The predicted molar refractivity (Wildman–Crippen MR) is 72.7 cm³/mol. The van der Waals surface area contributed by atoms with E-state index in [1.54, 1.807) is 0 Å². The summed E-state index contributed by atoms with van der Waals surface area (Å²) in [6, 6.07) is 9.77. The third kappa shape index (κ3) is 3.91. The summed E-state index contributed by atoms with van der Waals surface area (Å²) in [6.07, 6.45) is 0. The minimum Gasteiger partial charge on any atom is -0.486 e. The van der Waals surface area contributed by atoms with Crippen LogP contribution in [0.15, 0.2) is 36.4 Å². The van der Waals surface area contributed by atoms with E-state index in [2.05, 4.69) is 10.3 Å². The summed E-state index contributed by atoms with van der Waals surface area (Å²) in [5.41, 5.74) is 1.74. The third-order valence-corrected chi connectivity index (χ3v) is 2.79. The van der Waals surface area contributed by atoms with Crippen LogP contribution >= 0.6 is 11.6 Å². The zero-order chi connectivity index (χ0) is 13.7. The van der Waals surface area contributed by atoms with Gasteiger partial charge in [-0.1, -0.05) is 17.7 Å². The first kappa shape index (κ1) is 13.8. The monoisotopic (exact) mass is 280 g/mol. The molecule has 0 amide bonds. The second kappa shape index (κ2) is 6.50. The summed E-state index contributed by atoms with van der Waals surface area (Å²) in [5.74, 6) is 0.0652. The Morgan fingerprint density at radius 3 is 2.79 bits per heavy atom. The van der Waals surface area contributed by atoms with Gasteiger partial charge in [-0.05, 0) is 37.4 Å². The van der Waals surface area contributed by atoms with Crippen molar-refractivity contribution in [1.29, 1.82) is 0 Å². The highest BCUT2D eigenvalue weighted by molar-refractivity contribution is 6.32. The predicted octanol–water partition coefficient (Wildman–Crippen LogP) is 3.17. The summed E-state index contributed by atoms with van der Waals surface area (Å²) in [5, 5.41) is 3.29. The summed E-state index contributed by atoms with van der Waals surface area (Å²) < 4.78 is 18.4. The highest BCUT2D eigenvalue weighted by Gasteiger charge is 2.04. The van der Waals surface area contributed by atoms with Crippen molar-refractivity contribution >= 4 is 11.6 Å². The molecule has 3 nitrogen and oxygen atoms in total. The molecule has 0 spiro atoms. The van der Waals surface area contributed by atoms with Gasteiger partial charge < -0.3 is 10.1 Å². The molecule has 100 valence electrons. The first-order valence-electron chi connectivity index (χ1n) is 5.86. The van der Waals surface area contributed by atoms with Crippen molar-refractivity contribution in [2.24, 2.45) is 0 Å². The van der Waals surface area contributed by atoms with Crippen molar-refractivity contribution in [3.8, 4) is 5.75 Å². The molecule has 0 unspecified atom stereocenters. The Labute approximate surface area is 116 Å². The molecule has 1 aromatic heterocycles. The zero-order valence-electron chi connectivity index (χ0n) is 10.5. The summed E-state index contributed by atoms with van der Waals surface area (Å²) >= 11 is 5.88. The maximum Gasteiger partial charge on any atom is 0.138 e. The van der Waals surface area contributed by atoms with Crippen molar-refractivity contribution in [2.45, 2.75) is 13.2 Å². The maximum absolute atomic E-state index is 12.9. The van der Waals surface area contributed by atoms with Crippen molar-refractivity contribution in [3.05, 3.63) is 58.6 Å². The Morgan fingerprint density at radius 2 is 2.05 bits per heavy atom. The topological polar surface area (TPSA) is 34.1 Å². The lowest BCUT2D eigenvalue weighted by Crippen LogP contribution is -2.08. The number of nitrogens with one attached hydrogen (secondary N) is 1. The number of hydrogen-bond donors (Lipinski definition) is 1. The van der Waals surface area contributed by atoms with Crippen molar-refractivity contribution in [1.82, 2.24) is 10.3 Å². The zero-order valence-corrected chi connectivity index (χ0v) is 11.2. The number of hydrogen-bond acceptors (Lipinski definition) is 3. The molecule has 0 aliphatic heterocycles. The van der Waals surface area contributed by atoms with Gasteiger partial charge in [0.15, 0.2) is 0 Å². The quantitative estimate of drug-likeness (QED) is 0.913. The van der Waals surface area contributed by atoms with Gasteiger partial charge >= 0.3 is 0 Å². The van der Waals surface area contributed by atoms with Gasteiger partial charge in [0.05, 0.1) is 16.4 Å². The van der Waals surface area contributed by atoms with Gasteiger partial charge in [-0.2, -0.15) is 0 Å². The average molecular weight is 281 g/mol. The van der Waals surface area contributed by atoms with Gasteiger partial charge in [0.2, 0.25) is 0 Å². The van der Waals surface area contributed by atoms with E-state index < -0.39 is 0 Å². The van der Waals surface area contributed by atoms with Gasteiger partial charge in [-0.25, -0.2) is 4.39 Å². The molecule has 0 saturated carbocycles. The fourth-order valence-corrected chi connectivity index (χ4v) is 1.85. The SMILES string of the molecule is CNCc1cccc(COc2ccc(F)cc2Cl)n1. The molecule has 0 aliphatic carbocycles. The largest absolute Gasteiger partial charge is 0.486 e. The van der Waals surface area contributed by atoms with Crippen LogP contribution in [0.2, 0.25) is 5.02 Å². The van der Waals surface area contributed by atoms with Crippen molar-refractivity contribution in [3.63, 3.8) is 0 Å². The Morgan fingerprint density at radius 1 is 1.26 bits per heavy atom.